The number of halogens is 2. The van der Waals surface area contributed by atoms with E-state index in [2.05, 4.69) is 10.3 Å². The molecule has 0 aliphatic carbocycles. The van der Waals surface area contributed by atoms with Crippen molar-refractivity contribution in [1.82, 2.24) is 4.98 Å². The summed E-state index contributed by atoms with van der Waals surface area (Å²) < 4.78 is 27.4. The number of anilines is 1. The number of fused-ring (bicyclic) bond motifs is 1. The Labute approximate surface area is 148 Å². The topological polar surface area (TPSA) is 44.9 Å². The summed E-state index contributed by atoms with van der Waals surface area (Å²) >= 11 is 0. The molecule has 1 amide bonds. The van der Waals surface area contributed by atoms with Crippen LogP contribution in [-0.4, -0.2) is 10.9 Å². The molecule has 1 heterocycles. The van der Waals surface area contributed by atoms with Gasteiger partial charge in [0.05, 0.1) is 0 Å². The first-order chi connectivity index (χ1) is 12.6. The molecule has 0 radical (unpaired) electrons. The zero-order valence-corrected chi connectivity index (χ0v) is 13.6. The Hall–Kier alpha value is -3.47. The number of hydrogen-bond acceptors (Lipinski definition) is 1. The van der Waals surface area contributed by atoms with Crippen LogP contribution in [0.4, 0.5) is 14.5 Å². The van der Waals surface area contributed by atoms with Crippen LogP contribution in [0.1, 0.15) is 10.4 Å². The molecule has 4 rings (SSSR count). The van der Waals surface area contributed by atoms with Gasteiger partial charge in [0.25, 0.3) is 5.91 Å². The van der Waals surface area contributed by atoms with Crippen LogP contribution in [0.25, 0.3) is 22.2 Å². The summed E-state index contributed by atoms with van der Waals surface area (Å²) in [6.07, 6.45) is 0. The third-order valence-corrected chi connectivity index (χ3v) is 4.17. The number of amides is 1. The fraction of sp³-hybridized carbons (Fsp3) is 0. The van der Waals surface area contributed by atoms with Crippen LogP contribution in [0, 0.1) is 11.6 Å². The standard InChI is InChI=1S/C21H14F2N2O/c22-16-5-3-6-17(23)20(16)21(26)24-15-10-8-13(9-11-15)19-12-14-4-1-2-7-18(14)25-19/h1-12,25H,(H,24,26). The second-order valence-corrected chi connectivity index (χ2v) is 5.90. The molecule has 128 valence electrons. The highest BCUT2D eigenvalue weighted by Crippen LogP contribution is 2.25. The third kappa shape index (κ3) is 2.95. The molecule has 4 aromatic rings. The van der Waals surface area contributed by atoms with Crippen molar-refractivity contribution >= 4 is 22.5 Å². The van der Waals surface area contributed by atoms with Crippen LogP contribution in [0.3, 0.4) is 0 Å². The van der Waals surface area contributed by atoms with Gasteiger partial charge in [0, 0.05) is 22.3 Å². The highest BCUT2D eigenvalue weighted by molar-refractivity contribution is 6.04. The number of aromatic amines is 1. The lowest BCUT2D eigenvalue weighted by molar-refractivity contribution is 0.101. The van der Waals surface area contributed by atoms with Gasteiger partial charge in [-0.2, -0.15) is 0 Å². The molecule has 0 bridgehead atoms. The number of H-pyrrole nitrogens is 1. The van der Waals surface area contributed by atoms with E-state index in [1.165, 1.54) is 6.07 Å². The molecule has 0 atom stereocenters. The Balaban J connectivity index is 1.57. The molecule has 1 aromatic heterocycles. The van der Waals surface area contributed by atoms with Gasteiger partial charge in [-0.3, -0.25) is 4.79 Å². The first-order valence-electron chi connectivity index (χ1n) is 8.05. The van der Waals surface area contributed by atoms with Gasteiger partial charge in [0.15, 0.2) is 0 Å². The van der Waals surface area contributed by atoms with Crippen LogP contribution in [0.15, 0.2) is 72.8 Å². The Kier molecular flexibility index (Phi) is 3.97. The lowest BCUT2D eigenvalue weighted by atomic mass is 10.1. The summed E-state index contributed by atoms with van der Waals surface area (Å²) in [4.78, 5) is 15.5. The summed E-state index contributed by atoms with van der Waals surface area (Å²) in [5.41, 5.74) is 2.79. The van der Waals surface area contributed by atoms with Gasteiger partial charge in [0.1, 0.15) is 17.2 Å². The van der Waals surface area contributed by atoms with E-state index in [1.54, 1.807) is 12.1 Å². The number of nitrogens with one attached hydrogen (secondary N) is 2. The number of rotatable bonds is 3. The lowest BCUT2D eigenvalue weighted by Gasteiger charge is -2.08. The van der Waals surface area contributed by atoms with Crippen LogP contribution in [0.2, 0.25) is 0 Å². The zero-order valence-electron chi connectivity index (χ0n) is 13.6. The van der Waals surface area contributed by atoms with Crippen LogP contribution in [-0.2, 0) is 0 Å². The van der Waals surface area contributed by atoms with Crippen molar-refractivity contribution in [3.05, 3.63) is 90.0 Å². The predicted octanol–water partition coefficient (Wildman–Crippen LogP) is 5.37. The molecule has 0 aliphatic rings. The van der Waals surface area contributed by atoms with E-state index < -0.39 is 23.1 Å². The van der Waals surface area contributed by atoms with E-state index in [0.717, 1.165) is 34.3 Å². The summed E-state index contributed by atoms with van der Waals surface area (Å²) in [6.45, 7) is 0. The zero-order chi connectivity index (χ0) is 18.1. The summed E-state index contributed by atoms with van der Waals surface area (Å²) in [5.74, 6) is -2.60. The molecule has 3 nitrogen and oxygen atoms in total. The van der Waals surface area contributed by atoms with Crippen LogP contribution in [0.5, 0.6) is 0 Å². The molecule has 2 N–H and O–H groups in total. The molecule has 0 saturated carbocycles. The molecule has 0 aliphatic heterocycles. The van der Waals surface area contributed by atoms with Crippen molar-refractivity contribution in [1.29, 1.82) is 0 Å². The molecule has 0 saturated heterocycles. The van der Waals surface area contributed by atoms with Gasteiger partial charge in [-0.1, -0.05) is 36.4 Å². The number of hydrogen-bond donors (Lipinski definition) is 2. The van der Waals surface area contributed by atoms with E-state index in [0.29, 0.717) is 5.69 Å². The quantitative estimate of drug-likeness (QED) is 0.514. The van der Waals surface area contributed by atoms with E-state index in [1.807, 2.05) is 42.5 Å². The minimum atomic E-state index is -0.891. The minimum Gasteiger partial charge on any atom is -0.355 e. The Morgan fingerprint density at radius 3 is 2.23 bits per heavy atom. The SMILES string of the molecule is O=C(Nc1ccc(-c2cc3ccccc3[nH]2)cc1)c1c(F)cccc1F. The lowest BCUT2D eigenvalue weighted by Crippen LogP contribution is -2.15. The molecule has 3 aromatic carbocycles. The molecular formula is C21H14F2N2O. The molecule has 0 spiro atoms. The smallest absolute Gasteiger partial charge is 0.261 e. The van der Waals surface area contributed by atoms with E-state index in [4.69, 9.17) is 0 Å². The highest BCUT2D eigenvalue weighted by Gasteiger charge is 2.17. The first kappa shape index (κ1) is 16.0. The highest BCUT2D eigenvalue weighted by atomic mass is 19.1. The minimum absolute atomic E-state index is 0.456. The summed E-state index contributed by atoms with van der Waals surface area (Å²) in [7, 11) is 0. The number of benzene rings is 3. The maximum atomic E-state index is 13.7. The second kappa shape index (κ2) is 6.44. The molecule has 26 heavy (non-hydrogen) atoms. The fourth-order valence-corrected chi connectivity index (χ4v) is 2.87. The van der Waals surface area contributed by atoms with E-state index in [9.17, 15) is 13.6 Å². The summed E-state index contributed by atoms with van der Waals surface area (Å²) in [5, 5.41) is 3.62. The number of carbonyl (C=O) groups excluding carboxylic acids is 1. The van der Waals surface area contributed by atoms with Gasteiger partial charge in [-0.25, -0.2) is 8.78 Å². The van der Waals surface area contributed by atoms with Crippen molar-refractivity contribution in [2.45, 2.75) is 0 Å². The second-order valence-electron chi connectivity index (χ2n) is 5.90. The fourth-order valence-electron chi connectivity index (χ4n) is 2.87. The maximum Gasteiger partial charge on any atom is 0.261 e. The largest absolute Gasteiger partial charge is 0.355 e. The molecule has 0 unspecified atom stereocenters. The third-order valence-electron chi connectivity index (χ3n) is 4.17. The number of para-hydroxylation sites is 1. The van der Waals surface area contributed by atoms with Crippen molar-refractivity contribution in [2.75, 3.05) is 5.32 Å². The molecular weight excluding hydrogens is 334 g/mol. The van der Waals surface area contributed by atoms with E-state index >= 15 is 0 Å². The Morgan fingerprint density at radius 2 is 1.54 bits per heavy atom. The average molecular weight is 348 g/mol. The van der Waals surface area contributed by atoms with Gasteiger partial charge in [-0.15, -0.1) is 0 Å². The first-order valence-corrected chi connectivity index (χ1v) is 8.05. The maximum absolute atomic E-state index is 13.7. The Bertz CT molecular complexity index is 1050. The van der Waals surface area contributed by atoms with Crippen molar-refractivity contribution in [3.8, 4) is 11.3 Å². The number of aromatic nitrogens is 1. The predicted molar refractivity (Wildman–Crippen MR) is 98.0 cm³/mol. The van der Waals surface area contributed by atoms with Crippen molar-refractivity contribution < 1.29 is 13.6 Å². The normalized spacial score (nSPS) is 10.8. The van der Waals surface area contributed by atoms with Gasteiger partial charge >= 0.3 is 0 Å². The van der Waals surface area contributed by atoms with Crippen LogP contribution >= 0.6 is 0 Å². The van der Waals surface area contributed by atoms with Crippen molar-refractivity contribution in [2.24, 2.45) is 0 Å². The number of carbonyl (C=O) groups is 1. The van der Waals surface area contributed by atoms with Gasteiger partial charge < -0.3 is 10.3 Å². The van der Waals surface area contributed by atoms with Gasteiger partial charge in [0.2, 0.25) is 0 Å². The monoisotopic (exact) mass is 348 g/mol. The molecule has 5 heteroatoms. The van der Waals surface area contributed by atoms with Gasteiger partial charge in [-0.05, 0) is 42.0 Å². The Morgan fingerprint density at radius 1 is 0.846 bits per heavy atom. The van der Waals surface area contributed by atoms with Crippen molar-refractivity contribution in [3.63, 3.8) is 0 Å². The average Bonchev–Trinajstić information content (AvgIpc) is 3.06. The van der Waals surface area contributed by atoms with Crippen LogP contribution < -0.4 is 5.32 Å². The molecule has 0 fully saturated rings. The van der Waals surface area contributed by atoms with E-state index in [-0.39, 0.29) is 0 Å². The summed E-state index contributed by atoms with van der Waals surface area (Å²) in [6, 6.07) is 20.4.